The van der Waals surface area contributed by atoms with Gasteiger partial charge < -0.3 is 4.74 Å². The minimum atomic E-state index is -0.591. The molecule has 1 heterocycles. The van der Waals surface area contributed by atoms with Crippen molar-refractivity contribution in [1.82, 2.24) is 4.90 Å². The largest absolute Gasteiger partial charge is 0.374 e. The molecular formula is C12H22FNO. The van der Waals surface area contributed by atoms with Crippen LogP contribution in [0.5, 0.6) is 0 Å². The molecule has 0 amide bonds. The minimum Gasteiger partial charge on any atom is -0.374 e. The zero-order valence-corrected chi connectivity index (χ0v) is 9.79. The van der Waals surface area contributed by atoms with Crippen LogP contribution in [0.15, 0.2) is 0 Å². The second-order valence-corrected chi connectivity index (χ2v) is 5.13. The molecule has 88 valence electrons. The summed E-state index contributed by atoms with van der Waals surface area (Å²) in [6, 6.07) is 0.480. The summed E-state index contributed by atoms with van der Waals surface area (Å²) in [4.78, 5) is 2.26. The number of halogens is 1. The van der Waals surface area contributed by atoms with Gasteiger partial charge in [0.15, 0.2) is 0 Å². The fourth-order valence-corrected chi connectivity index (χ4v) is 2.73. The lowest BCUT2D eigenvalue weighted by molar-refractivity contribution is -0.0933. The Bertz CT molecular complexity index is 204. The summed E-state index contributed by atoms with van der Waals surface area (Å²) in [5, 5.41) is 0. The maximum atomic E-state index is 12.8. The topological polar surface area (TPSA) is 12.5 Å². The molecule has 2 aliphatic rings. The second-order valence-electron chi connectivity index (χ2n) is 5.13. The van der Waals surface area contributed by atoms with Crippen LogP contribution in [0, 0.1) is 0 Å². The molecule has 0 radical (unpaired) electrons. The van der Waals surface area contributed by atoms with Crippen molar-refractivity contribution in [2.45, 2.75) is 64.0 Å². The van der Waals surface area contributed by atoms with Crippen LogP contribution in [0.25, 0.3) is 0 Å². The van der Waals surface area contributed by atoms with Gasteiger partial charge in [-0.05, 0) is 26.7 Å². The SMILES string of the molecule is CC(C)OC1CCCCC1N1CC(F)C1. The Labute approximate surface area is 91.8 Å². The van der Waals surface area contributed by atoms with Gasteiger partial charge in [-0.1, -0.05) is 12.8 Å². The lowest BCUT2D eigenvalue weighted by Gasteiger charge is -2.46. The standard InChI is InChI=1S/C12H22FNO/c1-9(2)15-12-6-4-3-5-11(12)14-7-10(13)8-14/h9-12H,3-8H2,1-2H3. The summed E-state index contributed by atoms with van der Waals surface area (Å²) < 4.78 is 18.8. The van der Waals surface area contributed by atoms with Crippen molar-refractivity contribution >= 4 is 0 Å². The van der Waals surface area contributed by atoms with Crippen molar-refractivity contribution in [3.05, 3.63) is 0 Å². The molecule has 2 fully saturated rings. The van der Waals surface area contributed by atoms with E-state index >= 15 is 0 Å². The zero-order valence-electron chi connectivity index (χ0n) is 9.79. The highest BCUT2D eigenvalue weighted by molar-refractivity contribution is 4.91. The fraction of sp³-hybridized carbons (Fsp3) is 1.00. The van der Waals surface area contributed by atoms with Gasteiger partial charge in [0.25, 0.3) is 0 Å². The summed E-state index contributed by atoms with van der Waals surface area (Å²) in [5.41, 5.74) is 0. The van der Waals surface area contributed by atoms with Crippen molar-refractivity contribution in [2.75, 3.05) is 13.1 Å². The molecule has 0 aromatic heterocycles. The summed E-state index contributed by atoms with van der Waals surface area (Å²) in [6.07, 6.45) is 4.91. The molecule has 1 saturated carbocycles. The van der Waals surface area contributed by atoms with E-state index in [0.717, 1.165) is 6.42 Å². The average Bonchev–Trinajstić information content (AvgIpc) is 2.13. The molecule has 2 nitrogen and oxygen atoms in total. The van der Waals surface area contributed by atoms with Gasteiger partial charge in [-0.15, -0.1) is 0 Å². The molecular weight excluding hydrogens is 193 g/mol. The fourth-order valence-electron chi connectivity index (χ4n) is 2.73. The van der Waals surface area contributed by atoms with Crippen LogP contribution in [0.4, 0.5) is 4.39 Å². The van der Waals surface area contributed by atoms with Crippen LogP contribution in [0.2, 0.25) is 0 Å². The van der Waals surface area contributed by atoms with E-state index in [2.05, 4.69) is 18.7 Å². The van der Waals surface area contributed by atoms with Gasteiger partial charge in [-0.25, -0.2) is 4.39 Å². The Balaban J connectivity index is 1.88. The van der Waals surface area contributed by atoms with Gasteiger partial charge in [0.05, 0.1) is 12.2 Å². The number of nitrogens with zero attached hydrogens (tertiary/aromatic N) is 1. The van der Waals surface area contributed by atoms with E-state index in [1.165, 1.54) is 19.3 Å². The Morgan fingerprint density at radius 2 is 1.87 bits per heavy atom. The summed E-state index contributed by atoms with van der Waals surface area (Å²) in [5.74, 6) is 0. The van der Waals surface area contributed by atoms with Gasteiger partial charge in [-0.3, -0.25) is 4.90 Å². The molecule has 0 spiro atoms. The molecule has 0 N–H and O–H groups in total. The van der Waals surface area contributed by atoms with Gasteiger partial charge in [0.2, 0.25) is 0 Å². The maximum absolute atomic E-state index is 12.8. The second kappa shape index (κ2) is 4.79. The number of hydrogen-bond acceptors (Lipinski definition) is 2. The lowest BCUT2D eigenvalue weighted by atomic mass is 9.89. The van der Waals surface area contributed by atoms with Crippen molar-refractivity contribution in [3.63, 3.8) is 0 Å². The van der Waals surface area contributed by atoms with E-state index in [0.29, 0.717) is 25.2 Å². The molecule has 2 rings (SSSR count). The molecule has 0 bridgehead atoms. The predicted molar refractivity (Wildman–Crippen MR) is 58.7 cm³/mol. The molecule has 1 aliphatic carbocycles. The van der Waals surface area contributed by atoms with E-state index in [4.69, 9.17) is 4.74 Å². The molecule has 3 heteroatoms. The van der Waals surface area contributed by atoms with E-state index < -0.39 is 6.17 Å². The quantitative estimate of drug-likeness (QED) is 0.716. The first kappa shape index (κ1) is 11.3. The molecule has 0 aromatic rings. The van der Waals surface area contributed by atoms with Crippen LogP contribution in [-0.4, -0.2) is 42.4 Å². The first-order valence-electron chi connectivity index (χ1n) is 6.20. The third-order valence-corrected chi connectivity index (χ3v) is 3.45. The Hall–Kier alpha value is -0.150. The molecule has 1 aliphatic heterocycles. The molecule has 2 atom stereocenters. The van der Waals surface area contributed by atoms with Crippen molar-refractivity contribution in [3.8, 4) is 0 Å². The smallest absolute Gasteiger partial charge is 0.125 e. The molecule has 2 unspecified atom stereocenters. The normalized spacial score (nSPS) is 34.4. The van der Waals surface area contributed by atoms with Crippen LogP contribution < -0.4 is 0 Å². The van der Waals surface area contributed by atoms with E-state index in [9.17, 15) is 4.39 Å². The number of hydrogen-bond donors (Lipinski definition) is 0. The number of ether oxygens (including phenoxy) is 1. The van der Waals surface area contributed by atoms with Gasteiger partial charge >= 0.3 is 0 Å². The summed E-state index contributed by atoms with van der Waals surface area (Å²) >= 11 is 0. The molecule has 0 aromatic carbocycles. The van der Waals surface area contributed by atoms with E-state index in [1.807, 2.05) is 0 Å². The third kappa shape index (κ3) is 2.70. The Morgan fingerprint density at radius 1 is 1.20 bits per heavy atom. The molecule has 1 saturated heterocycles. The predicted octanol–water partition coefficient (Wildman–Crippen LogP) is 2.38. The van der Waals surface area contributed by atoms with Crippen molar-refractivity contribution in [1.29, 1.82) is 0 Å². The summed E-state index contributed by atoms with van der Waals surface area (Å²) in [7, 11) is 0. The number of likely N-dealkylation sites (tertiary alicyclic amines) is 1. The van der Waals surface area contributed by atoms with Crippen LogP contribution in [0.1, 0.15) is 39.5 Å². The van der Waals surface area contributed by atoms with Gasteiger partial charge in [-0.2, -0.15) is 0 Å². The highest BCUT2D eigenvalue weighted by Crippen LogP contribution is 2.30. The first-order chi connectivity index (χ1) is 7.16. The van der Waals surface area contributed by atoms with E-state index in [1.54, 1.807) is 0 Å². The minimum absolute atomic E-state index is 0.290. The van der Waals surface area contributed by atoms with Gasteiger partial charge in [0, 0.05) is 19.1 Å². The van der Waals surface area contributed by atoms with Crippen LogP contribution in [0.3, 0.4) is 0 Å². The van der Waals surface area contributed by atoms with E-state index in [-0.39, 0.29) is 6.10 Å². The average molecular weight is 215 g/mol. The zero-order chi connectivity index (χ0) is 10.8. The highest BCUT2D eigenvalue weighted by Gasteiger charge is 2.38. The summed E-state index contributed by atoms with van der Waals surface area (Å²) in [6.45, 7) is 5.42. The maximum Gasteiger partial charge on any atom is 0.125 e. The van der Waals surface area contributed by atoms with Crippen molar-refractivity contribution in [2.24, 2.45) is 0 Å². The molecule has 15 heavy (non-hydrogen) atoms. The number of rotatable bonds is 3. The first-order valence-corrected chi connectivity index (χ1v) is 6.20. The van der Waals surface area contributed by atoms with Crippen LogP contribution in [-0.2, 0) is 4.74 Å². The van der Waals surface area contributed by atoms with Gasteiger partial charge in [0.1, 0.15) is 6.17 Å². The number of alkyl halides is 1. The monoisotopic (exact) mass is 215 g/mol. The lowest BCUT2D eigenvalue weighted by Crippen LogP contribution is -2.58. The van der Waals surface area contributed by atoms with Crippen molar-refractivity contribution < 1.29 is 9.13 Å². The third-order valence-electron chi connectivity index (χ3n) is 3.45. The van der Waals surface area contributed by atoms with Crippen LogP contribution >= 0.6 is 0 Å². The Morgan fingerprint density at radius 3 is 2.47 bits per heavy atom. The highest BCUT2D eigenvalue weighted by atomic mass is 19.1. The Kier molecular flexibility index (Phi) is 3.62.